The maximum absolute atomic E-state index is 10.3. The van der Waals surface area contributed by atoms with Gasteiger partial charge < -0.3 is 0 Å². The molecule has 2 saturated carbocycles. The molecule has 0 aromatic rings. The maximum atomic E-state index is 10.3. The summed E-state index contributed by atoms with van der Waals surface area (Å²) in [7, 11) is 0. The Morgan fingerprint density at radius 1 is 1.19 bits per heavy atom. The lowest BCUT2D eigenvalue weighted by Crippen LogP contribution is -2.32. The van der Waals surface area contributed by atoms with E-state index in [1.165, 1.54) is 19.3 Å². The Balaban J connectivity index is 2.06. The molecule has 4 nitrogen and oxygen atoms in total. The van der Waals surface area contributed by atoms with E-state index in [2.05, 4.69) is 9.98 Å². The van der Waals surface area contributed by atoms with Crippen LogP contribution in [0, 0.1) is 17.3 Å². The first-order valence-electron chi connectivity index (χ1n) is 5.88. The van der Waals surface area contributed by atoms with Gasteiger partial charge in [0.25, 0.3) is 0 Å². The number of isocyanates is 2. The van der Waals surface area contributed by atoms with Crippen molar-refractivity contribution in [2.45, 2.75) is 32.1 Å². The Labute approximate surface area is 94.9 Å². The molecule has 0 radical (unpaired) electrons. The Morgan fingerprint density at radius 2 is 2.00 bits per heavy atom. The molecular formula is C12H16N2O2. The summed E-state index contributed by atoms with van der Waals surface area (Å²) in [4.78, 5) is 27.7. The molecule has 3 atom stereocenters. The van der Waals surface area contributed by atoms with Gasteiger partial charge in [0.2, 0.25) is 12.2 Å². The topological polar surface area (TPSA) is 58.9 Å². The molecule has 0 aromatic carbocycles. The lowest BCUT2D eigenvalue weighted by Gasteiger charge is -2.35. The third-order valence-electron chi connectivity index (χ3n) is 4.35. The molecule has 2 fully saturated rings. The van der Waals surface area contributed by atoms with Crippen LogP contribution in [0.25, 0.3) is 0 Å². The highest BCUT2D eigenvalue weighted by Crippen LogP contribution is 2.57. The first-order chi connectivity index (χ1) is 7.80. The van der Waals surface area contributed by atoms with Gasteiger partial charge in [-0.05, 0) is 42.9 Å². The van der Waals surface area contributed by atoms with Crippen molar-refractivity contribution in [3.8, 4) is 0 Å². The normalized spacial score (nSPS) is 35.5. The summed E-state index contributed by atoms with van der Waals surface area (Å²) in [6.45, 7) is 1.08. The quantitative estimate of drug-likeness (QED) is 0.524. The van der Waals surface area contributed by atoms with Crippen LogP contribution in [0.5, 0.6) is 0 Å². The highest BCUT2D eigenvalue weighted by molar-refractivity contribution is 5.33. The number of fused-ring (bicyclic) bond motifs is 2. The number of carbonyl (C=O) groups excluding carboxylic acids is 2. The van der Waals surface area contributed by atoms with Gasteiger partial charge in [0.1, 0.15) is 0 Å². The molecular weight excluding hydrogens is 204 g/mol. The molecule has 2 rings (SSSR count). The molecule has 2 aliphatic rings. The van der Waals surface area contributed by atoms with E-state index in [0.29, 0.717) is 19.0 Å². The second-order valence-corrected chi connectivity index (χ2v) is 5.07. The van der Waals surface area contributed by atoms with Gasteiger partial charge in [0, 0.05) is 0 Å². The van der Waals surface area contributed by atoms with Crippen LogP contribution in [-0.2, 0) is 9.59 Å². The summed E-state index contributed by atoms with van der Waals surface area (Å²) < 4.78 is 0. The van der Waals surface area contributed by atoms with Gasteiger partial charge >= 0.3 is 0 Å². The Bertz CT molecular complexity index is 356. The monoisotopic (exact) mass is 220 g/mol. The standard InChI is InChI=1S/C12H16N2O2/c15-8-13-4-3-12(7-14-9-16)6-10-1-2-11(12)5-10/h10-11H,1-7H2. The van der Waals surface area contributed by atoms with E-state index in [-0.39, 0.29) is 5.41 Å². The summed E-state index contributed by atoms with van der Waals surface area (Å²) >= 11 is 0. The number of hydrogen-bond acceptors (Lipinski definition) is 4. The second kappa shape index (κ2) is 4.73. The van der Waals surface area contributed by atoms with Crippen molar-refractivity contribution in [3.63, 3.8) is 0 Å². The number of nitrogens with zero attached hydrogens (tertiary/aromatic N) is 2. The third-order valence-corrected chi connectivity index (χ3v) is 4.35. The van der Waals surface area contributed by atoms with Crippen molar-refractivity contribution < 1.29 is 9.59 Å². The van der Waals surface area contributed by atoms with E-state index >= 15 is 0 Å². The van der Waals surface area contributed by atoms with Gasteiger partial charge in [0.15, 0.2) is 0 Å². The van der Waals surface area contributed by atoms with Crippen LogP contribution in [0.4, 0.5) is 0 Å². The number of rotatable bonds is 5. The molecule has 86 valence electrons. The molecule has 3 unspecified atom stereocenters. The molecule has 0 spiro atoms. The summed E-state index contributed by atoms with van der Waals surface area (Å²) in [5.74, 6) is 1.46. The Hall–Kier alpha value is -1.24. The zero-order valence-corrected chi connectivity index (χ0v) is 9.32. The largest absolute Gasteiger partial charge is 0.234 e. The number of aliphatic imine (C=N–C) groups is 2. The van der Waals surface area contributed by atoms with Gasteiger partial charge in [-0.3, -0.25) is 0 Å². The predicted molar refractivity (Wildman–Crippen MR) is 58.5 cm³/mol. The molecule has 0 amide bonds. The minimum Gasteiger partial charge on any atom is -0.211 e. The van der Waals surface area contributed by atoms with E-state index in [9.17, 15) is 9.59 Å². The first-order valence-corrected chi connectivity index (χ1v) is 5.88. The minimum atomic E-state index is 0.112. The lowest BCUT2D eigenvalue weighted by atomic mass is 9.71. The molecule has 0 heterocycles. The smallest absolute Gasteiger partial charge is 0.211 e. The van der Waals surface area contributed by atoms with Crippen LogP contribution in [0.3, 0.4) is 0 Å². The van der Waals surface area contributed by atoms with E-state index in [4.69, 9.17) is 0 Å². The SMILES string of the molecule is O=C=NCCC1(CN=C=O)CC2CCC1C2. The molecule has 16 heavy (non-hydrogen) atoms. The summed E-state index contributed by atoms with van der Waals surface area (Å²) in [5.41, 5.74) is 0.112. The van der Waals surface area contributed by atoms with Crippen molar-refractivity contribution in [2.24, 2.45) is 27.2 Å². The zero-order valence-electron chi connectivity index (χ0n) is 9.32. The minimum absolute atomic E-state index is 0.112. The second-order valence-electron chi connectivity index (χ2n) is 5.07. The molecule has 0 saturated heterocycles. The van der Waals surface area contributed by atoms with Crippen molar-refractivity contribution in [1.29, 1.82) is 0 Å². The van der Waals surface area contributed by atoms with Gasteiger partial charge in [0.05, 0.1) is 13.1 Å². The van der Waals surface area contributed by atoms with Crippen LogP contribution >= 0.6 is 0 Å². The van der Waals surface area contributed by atoms with E-state index in [0.717, 1.165) is 18.8 Å². The summed E-state index contributed by atoms with van der Waals surface area (Å²) in [6, 6.07) is 0. The van der Waals surface area contributed by atoms with Gasteiger partial charge in [-0.2, -0.15) is 0 Å². The molecule has 0 aliphatic heterocycles. The maximum Gasteiger partial charge on any atom is 0.234 e. The first kappa shape index (κ1) is 11.3. The summed E-state index contributed by atoms with van der Waals surface area (Å²) in [5, 5.41) is 0. The van der Waals surface area contributed by atoms with Crippen molar-refractivity contribution in [3.05, 3.63) is 0 Å². The van der Waals surface area contributed by atoms with Crippen LogP contribution < -0.4 is 0 Å². The van der Waals surface area contributed by atoms with Gasteiger partial charge in [-0.25, -0.2) is 19.6 Å². The van der Waals surface area contributed by atoms with Gasteiger partial charge in [-0.15, -0.1) is 0 Å². The number of hydrogen-bond donors (Lipinski definition) is 0. The lowest BCUT2D eigenvalue weighted by molar-refractivity contribution is 0.162. The fourth-order valence-corrected chi connectivity index (χ4v) is 3.65. The fraction of sp³-hybridized carbons (Fsp3) is 0.833. The average molecular weight is 220 g/mol. The van der Waals surface area contributed by atoms with Crippen molar-refractivity contribution in [2.75, 3.05) is 13.1 Å². The van der Waals surface area contributed by atoms with Crippen molar-refractivity contribution in [1.82, 2.24) is 0 Å². The predicted octanol–water partition coefficient (Wildman–Crippen LogP) is 1.85. The van der Waals surface area contributed by atoms with E-state index in [1.807, 2.05) is 0 Å². The van der Waals surface area contributed by atoms with Crippen LogP contribution in [0.15, 0.2) is 9.98 Å². The van der Waals surface area contributed by atoms with Crippen molar-refractivity contribution >= 4 is 12.2 Å². The zero-order chi connectivity index (χ0) is 11.4. The molecule has 2 aliphatic carbocycles. The average Bonchev–Trinajstić information content (AvgIpc) is 2.87. The summed E-state index contributed by atoms with van der Waals surface area (Å²) in [6.07, 6.45) is 9.02. The third kappa shape index (κ3) is 1.99. The highest BCUT2D eigenvalue weighted by Gasteiger charge is 2.50. The molecule has 4 heteroatoms. The Morgan fingerprint density at radius 3 is 2.56 bits per heavy atom. The molecule has 0 N–H and O–H groups in total. The van der Waals surface area contributed by atoms with Crippen LogP contribution in [0.2, 0.25) is 0 Å². The Kier molecular flexibility index (Phi) is 3.33. The molecule has 0 aromatic heterocycles. The van der Waals surface area contributed by atoms with E-state index < -0.39 is 0 Å². The van der Waals surface area contributed by atoms with E-state index in [1.54, 1.807) is 12.2 Å². The fourth-order valence-electron chi connectivity index (χ4n) is 3.65. The highest BCUT2D eigenvalue weighted by atomic mass is 16.1. The van der Waals surface area contributed by atoms with Crippen LogP contribution in [-0.4, -0.2) is 25.2 Å². The molecule has 2 bridgehead atoms. The van der Waals surface area contributed by atoms with Gasteiger partial charge in [-0.1, -0.05) is 6.42 Å². The van der Waals surface area contributed by atoms with Crippen LogP contribution in [0.1, 0.15) is 32.1 Å².